The number of nitrogens with one attached hydrogen (secondary N) is 1. The quantitative estimate of drug-likeness (QED) is 0.677. The van der Waals surface area contributed by atoms with Gasteiger partial charge in [-0.3, -0.25) is 9.48 Å². The first-order chi connectivity index (χ1) is 11.6. The second-order valence-electron chi connectivity index (χ2n) is 5.50. The monoisotopic (exact) mass is 357 g/mol. The maximum absolute atomic E-state index is 12.1. The number of hydrogen-bond donors (Lipinski definition) is 1. The maximum Gasteiger partial charge on any atom is 0.244 e. The van der Waals surface area contributed by atoms with E-state index < -0.39 is 0 Å². The lowest BCUT2D eigenvalue weighted by atomic mass is 10.2. The zero-order chi connectivity index (χ0) is 16.9. The molecule has 1 N–H and O–H groups in total. The number of carbonyl (C=O) groups excluding carboxylic acids is 1. The zero-order valence-corrected chi connectivity index (χ0v) is 15.2. The van der Waals surface area contributed by atoms with Crippen molar-refractivity contribution in [2.45, 2.75) is 19.9 Å². The van der Waals surface area contributed by atoms with Gasteiger partial charge in [-0.15, -0.1) is 22.7 Å². The number of hydrogen-bond acceptors (Lipinski definition) is 4. The Bertz CT molecular complexity index is 817. The van der Waals surface area contributed by atoms with Crippen molar-refractivity contribution in [3.63, 3.8) is 0 Å². The van der Waals surface area contributed by atoms with Gasteiger partial charge in [-0.25, -0.2) is 0 Å². The van der Waals surface area contributed by atoms with Crippen LogP contribution in [0.4, 0.5) is 0 Å². The van der Waals surface area contributed by atoms with E-state index in [9.17, 15) is 4.79 Å². The molecule has 0 spiro atoms. The average molecular weight is 358 g/mol. The minimum absolute atomic E-state index is 0.0118. The van der Waals surface area contributed by atoms with Gasteiger partial charge in [0, 0.05) is 28.1 Å². The summed E-state index contributed by atoms with van der Waals surface area (Å²) in [5, 5.41) is 11.6. The molecule has 0 aliphatic heterocycles. The molecular weight excluding hydrogens is 338 g/mol. The van der Waals surface area contributed by atoms with E-state index in [0.717, 1.165) is 16.3 Å². The highest BCUT2D eigenvalue weighted by atomic mass is 32.1. The Hall–Kier alpha value is -2.18. The number of rotatable bonds is 6. The van der Waals surface area contributed by atoms with E-state index in [2.05, 4.69) is 22.5 Å². The first-order valence-electron chi connectivity index (χ1n) is 7.69. The maximum atomic E-state index is 12.1. The summed E-state index contributed by atoms with van der Waals surface area (Å²) < 4.78 is 1.99. The van der Waals surface area contributed by atoms with Gasteiger partial charge in [0.15, 0.2) is 0 Å². The molecule has 1 atom stereocenters. The standard InChI is InChI=1S/C18H19N3OS2/c1-13-11-14(2)21(20-13)16(17-6-4-10-24-17)12-19-18(22)8-7-15-5-3-9-23-15/h3-11,16H,12H2,1-2H3,(H,19,22)/b8-7+/t16-/m0/s1. The minimum atomic E-state index is -0.0912. The molecule has 0 aromatic carbocycles. The average Bonchev–Trinajstić information content (AvgIpc) is 3.29. The fourth-order valence-electron chi connectivity index (χ4n) is 2.55. The SMILES string of the molecule is Cc1cc(C)n([C@@H](CNC(=O)/C=C/c2cccs2)c2cccs2)n1. The molecule has 3 aromatic heterocycles. The molecular formula is C18H19N3OS2. The summed E-state index contributed by atoms with van der Waals surface area (Å²) in [6.45, 7) is 4.53. The molecule has 0 aliphatic rings. The lowest BCUT2D eigenvalue weighted by Gasteiger charge is -2.18. The van der Waals surface area contributed by atoms with E-state index in [1.54, 1.807) is 28.7 Å². The van der Waals surface area contributed by atoms with Crippen LogP contribution in [-0.2, 0) is 4.79 Å². The van der Waals surface area contributed by atoms with Crippen molar-refractivity contribution in [1.29, 1.82) is 0 Å². The highest BCUT2D eigenvalue weighted by Gasteiger charge is 2.18. The Morgan fingerprint density at radius 2 is 2.08 bits per heavy atom. The van der Waals surface area contributed by atoms with Gasteiger partial charge >= 0.3 is 0 Å². The highest BCUT2D eigenvalue weighted by molar-refractivity contribution is 7.10. The van der Waals surface area contributed by atoms with Crippen LogP contribution < -0.4 is 5.32 Å². The molecule has 4 nitrogen and oxygen atoms in total. The lowest BCUT2D eigenvalue weighted by Crippen LogP contribution is -2.30. The fraction of sp³-hybridized carbons (Fsp3) is 0.222. The molecule has 0 fully saturated rings. The predicted molar refractivity (Wildman–Crippen MR) is 101 cm³/mol. The molecule has 0 saturated heterocycles. The number of thiophene rings is 2. The molecule has 3 rings (SSSR count). The van der Waals surface area contributed by atoms with Crippen LogP contribution in [0.5, 0.6) is 0 Å². The van der Waals surface area contributed by atoms with Gasteiger partial charge in [-0.2, -0.15) is 5.10 Å². The molecule has 24 heavy (non-hydrogen) atoms. The van der Waals surface area contributed by atoms with E-state index >= 15 is 0 Å². The second kappa shape index (κ2) is 7.59. The third kappa shape index (κ3) is 4.01. The van der Waals surface area contributed by atoms with Gasteiger partial charge < -0.3 is 5.32 Å². The van der Waals surface area contributed by atoms with Crippen LogP contribution in [-0.4, -0.2) is 22.2 Å². The number of aromatic nitrogens is 2. The van der Waals surface area contributed by atoms with Gasteiger partial charge in [-0.05, 0) is 48.9 Å². The van der Waals surface area contributed by atoms with Crippen LogP contribution in [0.25, 0.3) is 6.08 Å². The Labute approximate surface area is 149 Å². The Morgan fingerprint density at radius 1 is 1.29 bits per heavy atom. The highest BCUT2D eigenvalue weighted by Crippen LogP contribution is 2.24. The van der Waals surface area contributed by atoms with Crippen molar-refractivity contribution in [3.8, 4) is 0 Å². The molecule has 0 aliphatic carbocycles. The van der Waals surface area contributed by atoms with Crippen LogP contribution in [0, 0.1) is 13.8 Å². The topological polar surface area (TPSA) is 46.9 Å². The van der Waals surface area contributed by atoms with Crippen molar-refractivity contribution in [3.05, 3.63) is 68.3 Å². The smallest absolute Gasteiger partial charge is 0.244 e. The molecule has 3 aromatic rings. The van der Waals surface area contributed by atoms with Gasteiger partial charge in [0.1, 0.15) is 6.04 Å². The van der Waals surface area contributed by atoms with Crippen molar-refractivity contribution < 1.29 is 4.79 Å². The number of nitrogens with zero attached hydrogens (tertiary/aromatic N) is 2. The molecule has 0 radical (unpaired) electrons. The molecule has 0 unspecified atom stereocenters. The predicted octanol–water partition coefficient (Wildman–Crippen LogP) is 4.04. The number of aryl methyl sites for hydroxylation is 2. The molecule has 124 valence electrons. The third-order valence-electron chi connectivity index (χ3n) is 3.62. The fourth-order valence-corrected chi connectivity index (χ4v) is 3.98. The van der Waals surface area contributed by atoms with E-state index in [-0.39, 0.29) is 11.9 Å². The van der Waals surface area contributed by atoms with E-state index in [0.29, 0.717) is 6.54 Å². The normalized spacial score (nSPS) is 12.6. The molecule has 6 heteroatoms. The molecule has 1 amide bonds. The number of carbonyl (C=O) groups is 1. The summed E-state index contributed by atoms with van der Waals surface area (Å²) in [5.41, 5.74) is 2.08. The van der Waals surface area contributed by atoms with E-state index in [1.807, 2.05) is 53.6 Å². The number of amides is 1. The van der Waals surface area contributed by atoms with Crippen LogP contribution >= 0.6 is 22.7 Å². The lowest BCUT2D eigenvalue weighted by molar-refractivity contribution is -0.116. The van der Waals surface area contributed by atoms with Gasteiger partial charge in [0.2, 0.25) is 5.91 Å². The largest absolute Gasteiger partial charge is 0.350 e. The Balaban J connectivity index is 1.71. The zero-order valence-electron chi connectivity index (χ0n) is 13.6. The second-order valence-corrected chi connectivity index (χ2v) is 7.46. The Kier molecular flexibility index (Phi) is 5.27. The van der Waals surface area contributed by atoms with Gasteiger partial charge in [0.05, 0.1) is 5.69 Å². The van der Waals surface area contributed by atoms with Crippen molar-refractivity contribution >= 4 is 34.7 Å². The third-order valence-corrected chi connectivity index (χ3v) is 5.43. The van der Waals surface area contributed by atoms with Gasteiger partial charge in [-0.1, -0.05) is 12.1 Å². The van der Waals surface area contributed by atoms with Crippen molar-refractivity contribution in [2.75, 3.05) is 6.54 Å². The van der Waals surface area contributed by atoms with E-state index in [1.165, 1.54) is 4.88 Å². The first kappa shape index (κ1) is 16.7. The van der Waals surface area contributed by atoms with Crippen LogP contribution in [0.1, 0.15) is 27.2 Å². The van der Waals surface area contributed by atoms with Crippen LogP contribution in [0.3, 0.4) is 0 Å². The summed E-state index contributed by atoms with van der Waals surface area (Å²) in [4.78, 5) is 14.4. The molecule has 3 heterocycles. The first-order valence-corrected chi connectivity index (χ1v) is 9.45. The summed E-state index contributed by atoms with van der Waals surface area (Å²) in [6, 6.07) is 10.1. The van der Waals surface area contributed by atoms with E-state index in [4.69, 9.17) is 0 Å². The Morgan fingerprint density at radius 3 is 2.71 bits per heavy atom. The summed E-state index contributed by atoms with van der Waals surface area (Å²) >= 11 is 3.29. The van der Waals surface area contributed by atoms with Crippen LogP contribution in [0.15, 0.2) is 47.2 Å². The summed E-state index contributed by atoms with van der Waals surface area (Å²) in [6.07, 6.45) is 3.42. The van der Waals surface area contributed by atoms with Crippen LogP contribution in [0.2, 0.25) is 0 Å². The van der Waals surface area contributed by atoms with Gasteiger partial charge in [0.25, 0.3) is 0 Å². The summed E-state index contributed by atoms with van der Waals surface area (Å²) in [5.74, 6) is -0.0912. The summed E-state index contributed by atoms with van der Waals surface area (Å²) in [7, 11) is 0. The van der Waals surface area contributed by atoms with Crippen molar-refractivity contribution in [2.24, 2.45) is 0 Å². The molecule has 0 bridgehead atoms. The minimum Gasteiger partial charge on any atom is -0.350 e. The molecule has 0 saturated carbocycles. The van der Waals surface area contributed by atoms with Crippen molar-refractivity contribution in [1.82, 2.24) is 15.1 Å².